The number of rotatable bonds is 12. The number of halogens is 1. The molecular weight excluding hydrogens is 517 g/mol. The molecule has 0 aliphatic rings. The van der Waals surface area contributed by atoms with E-state index in [1.807, 2.05) is 30.3 Å². The van der Waals surface area contributed by atoms with Crippen molar-refractivity contribution in [1.82, 2.24) is 30.5 Å². The molecule has 11 heteroatoms. The number of aromatic amines is 1. The fourth-order valence-electron chi connectivity index (χ4n) is 4.48. The number of anilines is 2. The molecular formula is C28H30FN7O2S. The predicted octanol–water partition coefficient (Wildman–Crippen LogP) is 4.34. The van der Waals surface area contributed by atoms with Crippen molar-refractivity contribution in [1.29, 1.82) is 0 Å². The average molecular weight is 548 g/mol. The number of aromatic nitrogens is 5. The van der Waals surface area contributed by atoms with Gasteiger partial charge in [0.1, 0.15) is 27.8 Å². The molecule has 202 valence electrons. The number of sulfone groups is 1. The molecule has 3 aromatic heterocycles. The Hall–Kier alpha value is -3.96. The molecule has 9 nitrogen and oxygen atoms in total. The summed E-state index contributed by atoms with van der Waals surface area (Å²) in [6, 6.07) is 14.6. The summed E-state index contributed by atoms with van der Waals surface area (Å²) in [5.74, 6) is 0.558. The smallest absolute Gasteiger partial charge is 0.148 e. The van der Waals surface area contributed by atoms with Crippen molar-refractivity contribution >= 4 is 43.1 Å². The van der Waals surface area contributed by atoms with Crippen LogP contribution in [0.5, 0.6) is 0 Å². The van der Waals surface area contributed by atoms with E-state index in [1.165, 1.54) is 24.7 Å². The van der Waals surface area contributed by atoms with Gasteiger partial charge in [-0.3, -0.25) is 10.1 Å². The normalized spacial score (nSPS) is 11.8. The molecule has 39 heavy (non-hydrogen) atoms. The summed E-state index contributed by atoms with van der Waals surface area (Å²) >= 11 is 0. The van der Waals surface area contributed by atoms with Crippen LogP contribution in [0, 0.1) is 5.82 Å². The first-order valence-corrected chi connectivity index (χ1v) is 14.8. The largest absolute Gasteiger partial charge is 0.321 e. The third kappa shape index (κ3) is 6.92. The lowest BCUT2D eigenvalue weighted by molar-refractivity contribution is 0.592. The molecule has 0 fully saturated rings. The van der Waals surface area contributed by atoms with E-state index in [1.54, 1.807) is 18.5 Å². The highest BCUT2D eigenvalue weighted by molar-refractivity contribution is 7.90. The minimum Gasteiger partial charge on any atom is -0.321 e. The van der Waals surface area contributed by atoms with Gasteiger partial charge < -0.3 is 10.2 Å². The number of nitrogens with one attached hydrogen (secondary N) is 2. The molecule has 0 aliphatic heterocycles. The van der Waals surface area contributed by atoms with Crippen LogP contribution in [0.15, 0.2) is 67.3 Å². The molecule has 0 amide bonds. The second kappa shape index (κ2) is 11.8. The highest BCUT2D eigenvalue weighted by Gasteiger charge is 2.17. The van der Waals surface area contributed by atoms with E-state index in [9.17, 15) is 12.8 Å². The third-order valence-corrected chi connectivity index (χ3v) is 7.41. The zero-order valence-corrected chi connectivity index (χ0v) is 22.5. The molecule has 0 saturated carbocycles. The topological polar surface area (TPSA) is 117 Å². The summed E-state index contributed by atoms with van der Waals surface area (Å²) in [4.78, 5) is 15.8. The quantitative estimate of drug-likeness (QED) is 0.222. The van der Waals surface area contributed by atoms with Crippen molar-refractivity contribution in [2.75, 3.05) is 30.0 Å². The average Bonchev–Trinajstić information content (AvgIpc) is 3.38. The maximum Gasteiger partial charge on any atom is 0.148 e. The summed E-state index contributed by atoms with van der Waals surface area (Å²) in [7, 11) is -2.95. The van der Waals surface area contributed by atoms with Crippen molar-refractivity contribution in [2.45, 2.75) is 25.8 Å². The summed E-state index contributed by atoms with van der Waals surface area (Å²) in [5.41, 5.74) is 4.28. The number of fused-ring (bicyclic) bond motifs is 2. The Labute approximate surface area is 226 Å². The van der Waals surface area contributed by atoms with Gasteiger partial charge in [-0.15, -0.1) is 0 Å². The summed E-state index contributed by atoms with van der Waals surface area (Å²) in [5, 5.41) is 12.1. The second-order valence-corrected chi connectivity index (χ2v) is 11.8. The highest BCUT2D eigenvalue weighted by Crippen LogP contribution is 2.33. The first-order valence-electron chi connectivity index (χ1n) is 12.8. The van der Waals surface area contributed by atoms with Crippen LogP contribution in [0.1, 0.15) is 24.1 Å². The van der Waals surface area contributed by atoms with Gasteiger partial charge in [0.25, 0.3) is 0 Å². The molecule has 0 saturated heterocycles. The van der Waals surface area contributed by atoms with Crippen molar-refractivity contribution < 1.29 is 12.8 Å². The number of benzene rings is 2. The fraction of sp³-hybridized carbons (Fsp3) is 0.286. The molecule has 0 radical (unpaired) electrons. The molecule has 2 N–H and O–H groups in total. The molecule has 0 unspecified atom stereocenters. The van der Waals surface area contributed by atoms with Crippen LogP contribution in [-0.4, -0.2) is 58.7 Å². The van der Waals surface area contributed by atoms with E-state index in [2.05, 4.69) is 35.4 Å². The van der Waals surface area contributed by atoms with Crippen LogP contribution in [0.4, 0.5) is 15.9 Å². The van der Waals surface area contributed by atoms with Crippen molar-refractivity contribution in [3.63, 3.8) is 0 Å². The molecule has 5 rings (SSSR count). The van der Waals surface area contributed by atoms with E-state index in [0.29, 0.717) is 18.9 Å². The van der Waals surface area contributed by atoms with E-state index in [4.69, 9.17) is 0 Å². The second-order valence-electron chi connectivity index (χ2n) is 9.58. The van der Waals surface area contributed by atoms with E-state index in [-0.39, 0.29) is 11.6 Å². The Bertz CT molecular complexity index is 1690. The van der Waals surface area contributed by atoms with Gasteiger partial charge >= 0.3 is 0 Å². The maximum atomic E-state index is 14.1. The number of pyridine rings is 1. The summed E-state index contributed by atoms with van der Waals surface area (Å²) < 4.78 is 36.6. The van der Waals surface area contributed by atoms with Crippen LogP contribution >= 0.6 is 0 Å². The van der Waals surface area contributed by atoms with Gasteiger partial charge in [0.05, 0.1) is 29.2 Å². The minimum atomic E-state index is -2.95. The maximum absolute atomic E-state index is 14.1. The van der Waals surface area contributed by atoms with Crippen LogP contribution in [-0.2, 0) is 22.8 Å². The summed E-state index contributed by atoms with van der Waals surface area (Å²) in [6.45, 7) is 1.61. The fourth-order valence-corrected chi connectivity index (χ4v) is 5.00. The van der Waals surface area contributed by atoms with Gasteiger partial charge in [-0.2, -0.15) is 5.10 Å². The Balaban J connectivity index is 1.40. The van der Waals surface area contributed by atoms with Crippen LogP contribution in [0.3, 0.4) is 0 Å². The number of hydrogen-bond acceptors (Lipinski definition) is 8. The van der Waals surface area contributed by atoms with Crippen LogP contribution in [0.2, 0.25) is 0 Å². The summed E-state index contributed by atoms with van der Waals surface area (Å²) in [6.07, 6.45) is 8.87. The SMILES string of the molecule is CS(=O)(=O)CCNCCCCc1cc2c(N(Cc3cccc(F)c3)c3ccc4[nH]ncc4c3)ncnc2cn1. The minimum absolute atomic E-state index is 0.141. The van der Waals surface area contributed by atoms with Crippen molar-refractivity contribution in [3.8, 4) is 0 Å². The zero-order chi connectivity index (χ0) is 27.2. The van der Waals surface area contributed by atoms with Gasteiger partial charge in [0.15, 0.2) is 0 Å². The Morgan fingerprint density at radius 2 is 1.90 bits per heavy atom. The monoisotopic (exact) mass is 547 g/mol. The molecule has 0 bridgehead atoms. The van der Waals surface area contributed by atoms with E-state index < -0.39 is 9.84 Å². The van der Waals surface area contributed by atoms with Crippen molar-refractivity contribution in [2.24, 2.45) is 0 Å². The first kappa shape index (κ1) is 26.6. The number of aryl methyl sites for hydroxylation is 1. The van der Waals surface area contributed by atoms with Crippen molar-refractivity contribution in [3.05, 3.63) is 84.3 Å². The Morgan fingerprint density at radius 1 is 1.00 bits per heavy atom. The number of nitrogens with zero attached hydrogens (tertiary/aromatic N) is 5. The van der Waals surface area contributed by atoms with E-state index in [0.717, 1.165) is 64.6 Å². The van der Waals surface area contributed by atoms with Crippen LogP contribution < -0.4 is 10.2 Å². The molecule has 0 aliphatic carbocycles. The Morgan fingerprint density at radius 3 is 2.74 bits per heavy atom. The molecule has 3 heterocycles. The standard InChI is InChI=1S/C28H30FN7O2S/c1-39(37,38)12-11-30-10-3-2-7-23-15-25-27(17-31-23)32-19-33-28(25)36(18-20-5-4-6-22(29)13-20)24-8-9-26-21(14-24)16-34-35-26/h4-6,8-9,13-17,19,30H,2-3,7,10-12,18H2,1H3,(H,34,35). The van der Waals surface area contributed by atoms with Crippen LogP contribution in [0.25, 0.3) is 21.8 Å². The number of H-pyrrole nitrogens is 1. The molecule has 0 spiro atoms. The predicted molar refractivity (Wildman–Crippen MR) is 151 cm³/mol. The zero-order valence-electron chi connectivity index (χ0n) is 21.6. The molecule has 5 aromatic rings. The molecule has 0 atom stereocenters. The number of hydrogen-bond donors (Lipinski definition) is 2. The number of unbranched alkanes of at least 4 members (excludes halogenated alkanes) is 1. The van der Waals surface area contributed by atoms with Gasteiger partial charge in [-0.05, 0) is 67.8 Å². The van der Waals surface area contributed by atoms with Gasteiger partial charge in [-0.25, -0.2) is 22.8 Å². The lowest BCUT2D eigenvalue weighted by Crippen LogP contribution is -2.23. The van der Waals surface area contributed by atoms with Gasteiger partial charge in [0, 0.05) is 41.5 Å². The van der Waals surface area contributed by atoms with Gasteiger partial charge in [0.2, 0.25) is 0 Å². The Kier molecular flexibility index (Phi) is 8.08. The highest BCUT2D eigenvalue weighted by atomic mass is 32.2. The molecule has 2 aromatic carbocycles. The van der Waals surface area contributed by atoms with Gasteiger partial charge in [-0.1, -0.05) is 12.1 Å². The third-order valence-electron chi connectivity index (χ3n) is 6.46. The lowest BCUT2D eigenvalue weighted by Gasteiger charge is -2.25. The first-order chi connectivity index (χ1) is 18.9. The van der Waals surface area contributed by atoms with E-state index >= 15 is 0 Å². The lowest BCUT2D eigenvalue weighted by atomic mass is 10.1.